The van der Waals surface area contributed by atoms with E-state index in [2.05, 4.69) is 9.25 Å². The minimum Gasteiger partial charge on any atom is -0.396 e. The van der Waals surface area contributed by atoms with E-state index in [1.165, 1.54) is 0 Å². The maximum atomic E-state index is 11.7. The lowest BCUT2D eigenvalue weighted by Crippen LogP contribution is -1.97. The summed E-state index contributed by atoms with van der Waals surface area (Å²) in [6.45, 7) is -0.389. The second-order valence-corrected chi connectivity index (χ2v) is 3.57. The molecule has 0 aromatic carbocycles. The first-order chi connectivity index (χ1) is 5.18. The zero-order chi connectivity index (χ0) is 8.74. The molecule has 0 rings (SSSR count). The molecule has 7 heteroatoms. The Morgan fingerprint density at radius 2 is 2.18 bits per heavy atom. The summed E-state index contributed by atoms with van der Waals surface area (Å²) in [5, 5.41) is 8.21. The van der Waals surface area contributed by atoms with Crippen molar-refractivity contribution >= 4 is 7.60 Å². The van der Waals surface area contributed by atoms with Crippen LogP contribution in [0.1, 0.15) is 6.42 Å². The monoisotopic (exact) mass is 190 g/mol. The highest BCUT2D eigenvalue weighted by Crippen LogP contribution is 2.48. The molecule has 1 atom stereocenters. The topological polar surface area (TPSA) is 55.8 Å². The smallest absolute Gasteiger partial charge is 0.393 e. The van der Waals surface area contributed by atoms with E-state index >= 15 is 0 Å². The summed E-state index contributed by atoms with van der Waals surface area (Å²) in [6.07, 6.45) is -1.34. The van der Waals surface area contributed by atoms with E-state index in [4.69, 9.17) is 5.11 Å². The van der Waals surface area contributed by atoms with Crippen molar-refractivity contribution < 1.29 is 27.8 Å². The highest BCUT2D eigenvalue weighted by atomic mass is 31.2. The lowest BCUT2D eigenvalue weighted by molar-refractivity contribution is -0.0294. The molecule has 0 aliphatic carbocycles. The predicted octanol–water partition coefficient (Wildman–Crippen LogP) is 1.41. The molecule has 0 saturated carbocycles. The van der Waals surface area contributed by atoms with E-state index in [0.717, 1.165) is 0 Å². The number of alkyl halides is 1. The third-order valence-corrected chi connectivity index (χ3v) is 1.92. The van der Waals surface area contributed by atoms with Crippen molar-refractivity contribution in [1.29, 1.82) is 0 Å². The second kappa shape index (κ2) is 5.60. The Kier molecular flexibility index (Phi) is 5.58. The Bertz CT molecular complexity index is 134. The molecule has 0 saturated heterocycles. The fraction of sp³-hybridized carbons (Fsp3) is 1.00. The van der Waals surface area contributed by atoms with Gasteiger partial charge in [-0.2, -0.15) is 0 Å². The third-order valence-electron chi connectivity index (χ3n) is 0.842. The fourth-order valence-corrected chi connectivity index (χ4v) is 0.894. The van der Waals surface area contributed by atoms with E-state index in [9.17, 15) is 13.5 Å². The quantitative estimate of drug-likeness (QED) is 0.508. The Morgan fingerprint density at radius 1 is 1.55 bits per heavy atom. The third kappa shape index (κ3) is 4.42. The van der Waals surface area contributed by atoms with E-state index < -0.39 is 14.0 Å². The molecule has 0 bridgehead atoms. The molecular weight excluding hydrogens is 181 g/mol. The molecule has 0 aliphatic rings. The van der Waals surface area contributed by atoms with Gasteiger partial charge in [0, 0.05) is 6.61 Å². The van der Waals surface area contributed by atoms with Crippen molar-refractivity contribution in [2.24, 2.45) is 0 Å². The molecule has 11 heavy (non-hydrogen) atoms. The Morgan fingerprint density at radius 3 is 2.55 bits per heavy atom. The normalized spacial score (nSPS) is 16.3. The Labute approximate surface area is 62.5 Å². The number of hydrogen-bond donors (Lipinski definition) is 1. The van der Waals surface area contributed by atoms with Crippen LogP contribution in [0.5, 0.6) is 0 Å². The maximum Gasteiger partial charge on any atom is 0.393 e. The highest BCUT2D eigenvalue weighted by molar-refractivity contribution is 7.53. The average Bonchev–Trinajstić information content (AvgIpc) is 2.05. The maximum absolute atomic E-state index is 11.7. The van der Waals surface area contributed by atoms with Gasteiger partial charge in [-0.05, 0) is 10.9 Å². The Balaban J connectivity index is 3.61. The zero-order valence-electron chi connectivity index (χ0n) is 5.70. The number of rotatable bonds is 6. The molecule has 0 radical (unpaired) electrons. The van der Waals surface area contributed by atoms with Crippen LogP contribution in [-0.2, 0) is 13.8 Å². The number of halogens is 2. The minimum atomic E-state index is -4.16. The summed E-state index contributed by atoms with van der Waals surface area (Å²) in [5.41, 5.74) is 0. The van der Waals surface area contributed by atoms with Gasteiger partial charge in [0.2, 0.25) is 0 Å². The molecule has 1 unspecified atom stereocenters. The fourth-order valence-electron chi connectivity index (χ4n) is 0.341. The molecule has 0 fully saturated rings. The zero-order valence-corrected chi connectivity index (χ0v) is 6.60. The van der Waals surface area contributed by atoms with Gasteiger partial charge in [0.05, 0.1) is 6.61 Å². The lowest BCUT2D eigenvalue weighted by Gasteiger charge is -2.07. The number of hydrogen-bond acceptors (Lipinski definition) is 4. The van der Waals surface area contributed by atoms with Gasteiger partial charge in [0.25, 0.3) is 0 Å². The predicted molar refractivity (Wildman–Crippen MR) is 33.4 cm³/mol. The molecular formula is C4H9F2O4P. The first-order valence-corrected chi connectivity index (χ1v) is 4.62. The number of aliphatic hydroxyl groups is 1. The molecule has 4 nitrogen and oxygen atoms in total. The standard InChI is InChI=1S/C4H9F2O4P/c5-4-11(8,10-6)9-3-1-2-7/h7H,1-4H2. The molecule has 0 heterocycles. The van der Waals surface area contributed by atoms with Gasteiger partial charge in [0.1, 0.15) is 0 Å². The van der Waals surface area contributed by atoms with Gasteiger partial charge in [-0.3, -0.25) is 4.57 Å². The Hall–Kier alpha value is -0.0300. The second-order valence-electron chi connectivity index (χ2n) is 1.71. The summed E-state index contributed by atoms with van der Waals surface area (Å²) in [6, 6.07) is 0. The summed E-state index contributed by atoms with van der Waals surface area (Å²) in [5.74, 6) is 0. The molecule has 0 aromatic heterocycles. The summed E-state index contributed by atoms with van der Waals surface area (Å²) in [7, 11) is -4.16. The van der Waals surface area contributed by atoms with Crippen LogP contribution in [0.4, 0.5) is 8.92 Å². The van der Waals surface area contributed by atoms with Crippen molar-refractivity contribution in [2.45, 2.75) is 6.42 Å². The van der Waals surface area contributed by atoms with Crippen molar-refractivity contribution in [2.75, 3.05) is 19.6 Å². The van der Waals surface area contributed by atoms with Crippen LogP contribution in [0, 0.1) is 0 Å². The van der Waals surface area contributed by atoms with Crippen LogP contribution in [0.2, 0.25) is 0 Å². The van der Waals surface area contributed by atoms with Crippen molar-refractivity contribution in [1.82, 2.24) is 0 Å². The van der Waals surface area contributed by atoms with Gasteiger partial charge < -0.3 is 9.63 Å². The molecule has 0 spiro atoms. The van der Waals surface area contributed by atoms with Gasteiger partial charge in [-0.1, -0.05) is 0 Å². The van der Waals surface area contributed by atoms with Crippen molar-refractivity contribution in [3.8, 4) is 0 Å². The largest absolute Gasteiger partial charge is 0.396 e. The minimum absolute atomic E-state index is 0.160. The molecule has 0 aliphatic heterocycles. The van der Waals surface area contributed by atoms with Crippen LogP contribution in [0.3, 0.4) is 0 Å². The van der Waals surface area contributed by atoms with Crippen LogP contribution in [-0.4, -0.2) is 24.7 Å². The SMILES string of the molecule is O=P(CF)(OF)OCCCO. The molecule has 68 valence electrons. The van der Waals surface area contributed by atoms with Crippen molar-refractivity contribution in [3.63, 3.8) is 0 Å². The highest BCUT2D eigenvalue weighted by Gasteiger charge is 2.25. The van der Waals surface area contributed by atoms with E-state index in [1.54, 1.807) is 0 Å². The lowest BCUT2D eigenvalue weighted by atomic mass is 10.5. The summed E-state index contributed by atoms with van der Waals surface area (Å²) < 4.78 is 40.5. The van der Waals surface area contributed by atoms with Crippen LogP contribution in [0.15, 0.2) is 0 Å². The van der Waals surface area contributed by atoms with E-state index in [1.807, 2.05) is 0 Å². The summed E-state index contributed by atoms with van der Waals surface area (Å²) >= 11 is 0. The van der Waals surface area contributed by atoms with Gasteiger partial charge >= 0.3 is 7.60 Å². The van der Waals surface area contributed by atoms with Crippen molar-refractivity contribution in [3.05, 3.63) is 0 Å². The first kappa shape index (κ1) is 11.0. The molecule has 0 aromatic rings. The van der Waals surface area contributed by atoms with E-state index in [0.29, 0.717) is 0 Å². The van der Waals surface area contributed by atoms with Crippen LogP contribution >= 0.6 is 7.60 Å². The van der Waals surface area contributed by atoms with Gasteiger partial charge in [-0.25, -0.2) is 4.39 Å². The molecule has 1 N–H and O–H groups in total. The number of aliphatic hydroxyl groups excluding tert-OH is 1. The average molecular weight is 190 g/mol. The molecule has 0 amide bonds. The van der Waals surface area contributed by atoms with Crippen LogP contribution in [0.25, 0.3) is 0 Å². The van der Waals surface area contributed by atoms with E-state index in [-0.39, 0.29) is 19.6 Å². The van der Waals surface area contributed by atoms with Crippen LogP contribution < -0.4 is 0 Å². The van der Waals surface area contributed by atoms with Gasteiger partial charge in [-0.15, -0.1) is 4.73 Å². The summed E-state index contributed by atoms with van der Waals surface area (Å²) in [4.78, 5) is 0. The first-order valence-electron chi connectivity index (χ1n) is 2.89. The van der Waals surface area contributed by atoms with Gasteiger partial charge in [0.15, 0.2) is 6.42 Å².